The maximum Gasteiger partial charge on any atom is 0.234 e. The molecule has 1 aliphatic heterocycles. The summed E-state index contributed by atoms with van der Waals surface area (Å²) in [6, 6.07) is 9.54. The van der Waals surface area contributed by atoms with Crippen molar-refractivity contribution in [2.24, 2.45) is 5.92 Å². The van der Waals surface area contributed by atoms with Gasteiger partial charge in [0.15, 0.2) is 5.82 Å². The van der Waals surface area contributed by atoms with Crippen molar-refractivity contribution in [3.8, 4) is 11.8 Å². The first kappa shape index (κ1) is 16.1. The molecule has 0 radical (unpaired) electrons. The molecule has 130 valence electrons. The normalized spacial score (nSPS) is 25.7. The van der Waals surface area contributed by atoms with Crippen LogP contribution in [0.15, 0.2) is 28.8 Å². The summed E-state index contributed by atoms with van der Waals surface area (Å²) >= 11 is 0. The van der Waals surface area contributed by atoms with Gasteiger partial charge in [0.05, 0.1) is 11.0 Å². The van der Waals surface area contributed by atoms with E-state index in [9.17, 15) is 0 Å². The minimum atomic E-state index is 0.0197. The van der Waals surface area contributed by atoms with Gasteiger partial charge in [0.1, 0.15) is 18.4 Å². The van der Waals surface area contributed by atoms with E-state index in [0.717, 1.165) is 31.9 Å². The third-order valence-corrected chi connectivity index (χ3v) is 5.57. The Balaban J connectivity index is 1.40. The summed E-state index contributed by atoms with van der Waals surface area (Å²) in [4.78, 5) is 6.97. The average molecular weight is 338 g/mol. The summed E-state index contributed by atoms with van der Waals surface area (Å²) in [5.74, 6) is 2.76. The number of nitriles is 1. The third-order valence-electron chi connectivity index (χ3n) is 5.57. The maximum atomic E-state index is 9.14. The number of aromatic nitrogens is 2. The second-order valence-corrected chi connectivity index (χ2v) is 7.08. The van der Waals surface area contributed by atoms with Crippen LogP contribution in [-0.2, 0) is 5.41 Å². The van der Waals surface area contributed by atoms with Gasteiger partial charge >= 0.3 is 0 Å². The molecule has 2 fully saturated rings. The van der Waals surface area contributed by atoms with Gasteiger partial charge in [0.2, 0.25) is 5.89 Å². The zero-order valence-corrected chi connectivity index (χ0v) is 14.4. The molecular formula is C19H22N4O2. The van der Waals surface area contributed by atoms with Gasteiger partial charge in [-0.05, 0) is 37.8 Å². The number of likely N-dealkylation sites (tertiary alicyclic amines) is 1. The number of rotatable bonds is 5. The average Bonchev–Trinajstić information content (AvgIpc) is 3.29. The summed E-state index contributed by atoms with van der Waals surface area (Å²) in [6.45, 7) is 5.28. The molecular weight excluding hydrogens is 316 g/mol. The number of ether oxygens (including phenoxy) is 1. The van der Waals surface area contributed by atoms with E-state index in [0.29, 0.717) is 29.7 Å². The van der Waals surface area contributed by atoms with Crippen LogP contribution in [0.3, 0.4) is 0 Å². The van der Waals surface area contributed by atoms with Crippen LogP contribution in [0.25, 0.3) is 0 Å². The molecule has 2 aliphatic rings. The predicted molar refractivity (Wildman–Crippen MR) is 91.1 cm³/mol. The van der Waals surface area contributed by atoms with E-state index in [4.69, 9.17) is 14.5 Å². The van der Waals surface area contributed by atoms with E-state index >= 15 is 0 Å². The van der Waals surface area contributed by atoms with E-state index in [1.165, 1.54) is 12.8 Å². The molecule has 25 heavy (non-hydrogen) atoms. The smallest absolute Gasteiger partial charge is 0.234 e. The van der Waals surface area contributed by atoms with Gasteiger partial charge in [-0.2, -0.15) is 10.2 Å². The minimum absolute atomic E-state index is 0.0197. The third kappa shape index (κ3) is 2.89. The topological polar surface area (TPSA) is 75.2 Å². The second kappa shape index (κ2) is 6.49. The standard InChI is InChI=1S/C19H22N4O2/c1-14-21-18(25-22-14)19-8-4-6-16(19)12-23(13-19)9-10-24-17-7-3-2-5-15(17)11-20/h2-3,5,7,16H,4,6,8-10,12-13H2,1H3/t16-,19-/m0/s1. The summed E-state index contributed by atoms with van der Waals surface area (Å²) in [7, 11) is 0. The molecule has 1 aromatic heterocycles. The van der Waals surface area contributed by atoms with Crippen LogP contribution in [0.1, 0.15) is 36.5 Å². The van der Waals surface area contributed by atoms with Gasteiger partial charge in [0.25, 0.3) is 0 Å². The van der Waals surface area contributed by atoms with Crippen molar-refractivity contribution < 1.29 is 9.26 Å². The highest BCUT2D eigenvalue weighted by Crippen LogP contribution is 2.49. The molecule has 1 aromatic carbocycles. The van der Waals surface area contributed by atoms with Crippen LogP contribution in [-0.4, -0.2) is 41.3 Å². The largest absolute Gasteiger partial charge is 0.491 e. The Morgan fingerprint density at radius 3 is 3.12 bits per heavy atom. The maximum absolute atomic E-state index is 9.14. The summed E-state index contributed by atoms with van der Waals surface area (Å²) < 4.78 is 11.4. The van der Waals surface area contributed by atoms with Crippen molar-refractivity contribution in [2.45, 2.75) is 31.6 Å². The fourth-order valence-corrected chi connectivity index (χ4v) is 4.38. The molecule has 2 heterocycles. The van der Waals surface area contributed by atoms with Crippen molar-refractivity contribution in [3.63, 3.8) is 0 Å². The van der Waals surface area contributed by atoms with E-state index in [2.05, 4.69) is 21.1 Å². The summed E-state index contributed by atoms with van der Waals surface area (Å²) in [5, 5.41) is 13.1. The zero-order valence-electron chi connectivity index (χ0n) is 14.4. The van der Waals surface area contributed by atoms with Crippen LogP contribution in [0, 0.1) is 24.2 Å². The molecule has 1 saturated carbocycles. The molecule has 0 N–H and O–H groups in total. The molecule has 0 amide bonds. The second-order valence-electron chi connectivity index (χ2n) is 7.08. The molecule has 1 aliphatic carbocycles. The highest BCUT2D eigenvalue weighted by Gasteiger charge is 2.53. The molecule has 0 unspecified atom stereocenters. The first-order chi connectivity index (χ1) is 12.2. The predicted octanol–water partition coefficient (Wildman–Crippen LogP) is 2.68. The van der Waals surface area contributed by atoms with Gasteiger partial charge in [-0.1, -0.05) is 23.7 Å². The van der Waals surface area contributed by atoms with Crippen molar-refractivity contribution in [2.75, 3.05) is 26.2 Å². The molecule has 0 spiro atoms. The van der Waals surface area contributed by atoms with Crippen LogP contribution in [0.5, 0.6) is 5.75 Å². The fourth-order valence-electron chi connectivity index (χ4n) is 4.38. The lowest BCUT2D eigenvalue weighted by Crippen LogP contribution is -2.33. The Morgan fingerprint density at radius 2 is 2.32 bits per heavy atom. The highest BCUT2D eigenvalue weighted by molar-refractivity contribution is 5.42. The highest BCUT2D eigenvalue weighted by atomic mass is 16.5. The Morgan fingerprint density at radius 1 is 1.44 bits per heavy atom. The molecule has 6 nitrogen and oxygen atoms in total. The van der Waals surface area contributed by atoms with Crippen molar-refractivity contribution in [1.29, 1.82) is 5.26 Å². The van der Waals surface area contributed by atoms with E-state index < -0.39 is 0 Å². The number of fused-ring (bicyclic) bond motifs is 1. The van der Waals surface area contributed by atoms with Crippen LogP contribution < -0.4 is 4.74 Å². The number of nitrogens with zero attached hydrogens (tertiary/aromatic N) is 4. The summed E-state index contributed by atoms with van der Waals surface area (Å²) in [5.41, 5.74) is 0.602. The lowest BCUT2D eigenvalue weighted by atomic mass is 9.80. The Hall–Kier alpha value is -2.39. The minimum Gasteiger partial charge on any atom is -0.491 e. The SMILES string of the molecule is Cc1noc([C@]23CCC[C@H]2CN(CCOc2ccccc2C#N)C3)n1. The van der Waals surface area contributed by atoms with Crippen LogP contribution >= 0.6 is 0 Å². The number of aryl methyl sites for hydroxylation is 1. The molecule has 2 atom stereocenters. The van der Waals surface area contributed by atoms with Gasteiger partial charge in [-0.15, -0.1) is 0 Å². The van der Waals surface area contributed by atoms with Crippen molar-refractivity contribution in [3.05, 3.63) is 41.5 Å². The lowest BCUT2D eigenvalue weighted by molar-refractivity contribution is 0.214. The molecule has 6 heteroatoms. The van der Waals surface area contributed by atoms with Gasteiger partial charge in [-0.3, -0.25) is 4.90 Å². The lowest BCUT2D eigenvalue weighted by Gasteiger charge is -2.24. The number of para-hydroxylation sites is 1. The molecule has 0 bridgehead atoms. The molecule has 2 aromatic rings. The number of benzene rings is 1. The summed E-state index contributed by atoms with van der Waals surface area (Å²) in [6.07, 6.45) is 3.57. The first-order valence-corrected chi connectivity index (χ1v) is 8.86. The van der Waals surface area contributed by atoms with E-state index in [1.807, 2.05) is 25.1 Å². The fraction of sp³-hybridized carbons (Fsp3) is 0.526. The Bertz CT molecular complexity index is 797. The monoisotopic (exact) mass is 338 g/mol. The number of hydrogen-bond acceptors (Lipinski definition) is 6. The van der Waals surface area contributed by atoms with E-state index in [1.54, 1.807) is 6.07 Å². The zero-order chi connectivity index (χ0) is 17.3. The van der Waals surface area contributed by atoms with Crippen LogP contribution in [0.2, 0.25) is 0 Å². The quantitative estimate of drug-likeness (QED) is 0.834. The Labute approximate surface area is 147 Å². The van der Waals surface area contributed by atoms with Crippen LogP contribution in [0.4, 0.5) is 0 Å². The van der Waals surface area contributed by atoms with Gasteiger partial charge in [-0.25, -0.2) is 0 Å². The molecule has 4 rings (SSSR count). The van der Waals surface area contributed by atoms with E-state index in [-0.39, 0.29) is 5.41 Å². The Kier molecular flexibility index (Phi) is 4.18. The number of hydrogen-bond donors (Lipinski definition) is 0. The van der Waals surface area contributed by atoms with Gasteiger partial charge in [0, 0.05) is 19.6 Å². The van der Waals surface area contributed by atoms with Crippen molar-refractivity contribution in [1.82, 2.24) is 15.0 Å². The molecule has 1 saturated heterocycles. The van der Waals surface area contributed by atoms with Crippen molar-refractivity contribution >= 4 is 0 Å². The first-order valence-electron chi connectivity index (χ1n) is 8.86. The van der Waals surface area contributed by atoms with Gasteiger partial charge < -0.3 is 9.26 Å².